The number of halogens is 2. The van der Waals surface area contributed by atoms with E-state index in [1.54, 1.807) is 48.5 Å². The Kier molecular flexibility index (Phi) is 14.9. The maximum absolute atomic E-state index is 12.5. The molecule has 0 aliphatic carbocycles. The molecule has 6 aromatic carbocycles. The van der Waals surface area contributed by atoms with Crippen molar-refractivity contribution in [1.29, 1.82) is 0 Å². The topological polar surface area (TPSA) is 47.1 Å². The molecule has 0 amide bonds. The van der Waals surface area contributed by atoms with E-state index in [0.29, 0.717) is 34.3 Å². The summed E-state index contributed by atoms with van der Waals surface area (Å²) >= 11 is 11.8. The number of benzene rings is 6. The Morgan fingerprint density at radius 2 is 0.733 bits per heavy atom. The van der Waals surface area contributed by atoms with Gasteiger partial charge in [-0.25, -0.2) is 0 Å². The highest BCUT2D eigenvalue weighted by molar-refractivity contribution is 6.31. The molecule has 8 rings (SSSR count). The molecule has 0 saturated carbocycles. The second-order valence-corrected chi connectivity index (χ2v) is 16.7. The first-order chi connectivity index (χ1) is 29.2. The van der Waals surface area contributed by atoms with Crippen molar-refractivity contribution in [2.45, 2.75) is 38.5 Å². The minimum Gasteiger partial charge on any atom is -0.341 e. The highest BCUT2D eigenvalue weighted by Crippen LogP contribution is 2.37. The average molecular weight is 838 g/mol. The molecule has 2 aliphatic rings. The van der Waals surface area contributed by atoms with Gasteiger partial charge in [0, 0.05) is 70.1 Å². The zero-order valence-electron chi connectivity index (χ0n) is 34.7. The van der Waals surface area contributed by atoms with Crippen LogP contribution in [0, 0.1) is 0 Å². The number of nitrogens with zero attached hydrogens (tertiary/aromatic N) is 4. The molecule has 8 heteroatoms. The zero-order valence-corrected chi connectivity index (χ0v) is 36.2. The lowest BCUT2D eigenvalue weighted by atomic mass is 10.0. The van der Waals surface area contributed by atoms with Crippen LogP contribution in [0.1, 0.15) is 55.8 Å². The second-order valence-electron chi connectivity index (χ2n) is 15.9. The summed E-state index contributed by atoms with van der Waals surface area (Å²) in [5.74, 6) is 0.249. The van der Waals surface area contributed by atoms with Crippen LogP contribution in [0.5, 0.6) is 0 Å². The van der Waals surface area contributed by atoms with Gasteiger partial charge in [-0.3, -0.25) is 19.4 Å². The predicted molar refractivity (Wildman–Crippen MR) is 250 cm³/mol. The van der Waals surface area contributed by atoms with Crippen molar-refractivity contribution in [2.24, 2.45) is 0 Å². The quantitative estimate of drug-likeness (QED) is 0.102. The number of rotatable bonds is 14. The molecule has 0 N–H and O–H groups in total. The van der Waals surface area contributed by atoms with E-state index in [-0.39, 0.29) is 11.6 Å². The summed E-state index contributed by atoms with van der Waals surface area (Å²) in [5.41, 5.74) is 12.3. The van der Waals surface area contributed by atoms with E-state index in [4.69, 9.17) is 23.2 Å². The lowest BCUT2D eigenvalue weighted by Gasteiger charge is -2.28. The Bertz CT molecular complexity index is 2100. The molecular formula is C52H54Cl2N4O2. The lowest BCUT2D eigenvalue weighted by Crippen LogP contribution is -2.29. The monoisotopic (exact) mass is 836 g/mol. The molecule has 0 bridgehead atoms. The summed E-state index contributed by atoms with van der Waals surface area (Å²) < 4.78 is 0. The van der Waals surface area contributed by atoms with Crippen LogP contribution in [0.15, 0.2) is 146 Å². The highest BCUT2D eigenvalue weighted by Gasteiger charge is 2.22. The molecule has 0 saturated heterocycles. The van der Waals surface area contributed by atoms with E-state index >= 15 is 0 Å². The van der Waals surface area contributed by atoms with E-state index in [1.807, 2.05) is 14.1 Å². The van der Waals surface area contributed by atoms with Crippen molar-refractivity contribution in [2.75, 3.05) is 63.2 Å². The fourth-order valence-electron chi connectivity index (χ4n) is 8.32. The number of para-hydroxylation sites is 4. The molecule has 2 aliphatic heterocycles. The smallest absolute Gasteiger partial charge is 0.176 e. The molecule has 0 spiro atoms. The minimum absolute atomic E-state index is 0.125. The van der Waals surface area contributed by atoms with Crippen molar-refractivity contribution in [3.05, 3.63) is 189 Å². The minimum atomic E-state index is 0.125. The van der Waals surface area contributed by atoms with E-state index in [9.17, 15) is 9.59 Å². The van der Waals surface area contributed by atoms with Gasteiger partial charge in [-0.2, -0.15) is 0 Å². The van der Waals surface area contributed by atoms with Crippen molar-refractivity contribution >= 4 is 57.5 Å². The molecule has 6 nitrogen and oxygen atoms in total. The van der Waals surface area contributed by atoms with Crippen LogP contribution in [0.2, 0.25) is 10.0 Å². The number of Topliss-reactive ketones (excluding diaryl/α,β-unsaturated/α-hetero) is 2. The molecular weight excluding hydrogens is 784 g/mol. The van der Waals surface area contributed by atoms with Crippen molar-refractivity contribution in [3.63, 3.8) is 0 Å². The third-order valence-electron chi connectivity index (χ3n) is 11.5. The number of anilines is 4. The number of carbonyl (C=O) groups excluding carboxylic acids is 2. The maximum atomic E-state index is 12.5. The first-order valence-electron chi connectivity index (χ1n) is 21.0. The van der Waals surface area contributed by atoms with Crippen LogP contribution in [0.25, 0.3) is 0 Å². The summed E-state index contributed by atoms with van der Waals surface area (Å²) in [5, 5.41) is 1.30. The van der Waals surface area contributed by atoms with Crippen molar-refractivity contribution in [1.82, 2.24) is 9.80 Å². The van der Waals surface area contributed by atoms with Crippen molar-refractivity contribution < 1.29 is 9.59 Å². The standard InChI is InChI=1S/2C26H27ClN2O/c2*1-28(19-26(30)22-13-15-23(27)16-14-22)17-6-18-29-24-9-4-2-7-20(24)11-12-21-8-3-5-10-25(21)29/h2*2-5,7-10,13-16H,6,11-12,17-19H2,1H3. The molecule has 0 unspecified atom stereocenters. The maximum Gasteiger partial charge on any atom is 0.176 e. The van der Waals surface area contributed by atoms with E-state index < -0.39 is 0 Å². The Morgan fingerprint density at radius 1 is 0.450 bits per heavy atom. The van der Waals surface area contributed by atoms with Crippen LogP contribution >= 0.6 is 23.2 Å². The normalized spacial score (nSPS) is 13.0. The van der Waals surface area contributed by atoms with E-state index in [0.717, 1.165) is 64.7 Å². The Labute approximate surface area is 366 Å². The molecule has 60 heavy (non-hydrogen) atoms. The summed E-state index contributed by atoms with van der Waals surface area (Å²) in [6.07, 6.45) is 6.23. The Hall–Kier alpha value is -5.24. The van der Waals surface area contributed by atoms with Gasteiger partial charge in [0.15, 0.2) is 11.6 Å². The summed E-state index contributed by atoms with van der Waals surface area (Å²) in [7, 11) is 4.02. The highest BCUT2D eigenvalue weighted by atomic mass is 35.5. The van der Waals surface area contributed by atoms with Gasteiger partial charge in [-0.1, -0.05) is 96.0 Å². The molecule has 0 fully saturated rings. The number of hydrogen-bond donors (Lipinski definition) is 0. The number of fused-ring (bicyclic) bond motifs is 4. The molecule has 0 radical (unpaired) electrons. The number of hydrogen-bond acceptors (Lipinski definition) is 6. The first-order valence-corrected chi connectivity index (χ1v) is 21.8. The average Bonchev–Trinajstić information content (AvgIpc) is 3.52. The van der Waals surface area contributed by atoms with E-state index in [2.05, 4.69) is 117 Å². The third-order valence-corrected chi connectivity index (χ3v) is 12.0. The largest absolute Gasteiger partial charge is 0.341 e. The number of likely N-dealkylation sites (N-methyl/N-ethyl adjacent to an activating group) is 2. The Morgan fingerprint density at radius 3 is 1.03 bits per heavy atom. The second kappa shape index (κ2) is 20.8. The fraction of sp³-hybridized carbons (Fsp3) is 0.269. The molecule has 2 heterocycles. The van der Waals surface area contributed by atoms with Gasteiger partial charge in [0.2, 0.25) is 0 Å². The zero-order chi connectivity index (χ0) is 41.8. The van der Waals surface area contributed by atoms with Gasteiger partial charge in [-0.05, 0) is 148 Å². The van der Waals surface area contributed by atoms with Crippen LogP contribution < -0.4 is 9.80 Å². The fourth-order valence-corrected chi connectivity index (χ4v) is 8.57. The van der Waals surface area contributed by atoms with Crippen LogP contribution in [-0.2, 0) is 25.7 Å². The van der Waals surface area contributed by atoms with Crippen LogP contribution in [0.3, 0.4) is 0 Å². The number of carbonyl (C=O) groups is 2. The van der Waals surface area contributed by atoms with Gasteiger partial charge < -0.3 is 9.80 Å². The van der Waals surface area contributed by atoms with Gasteiger partial charge in [0.25, 0.3) is 0 Å². The first kappa shape index (κ1) is 42.9. The SMILES string of the molecule is CN(CCCN1c2ccccc2CCc2ccccc21)CC(=O)c1ccc(Cl)cc1.CN(CCCN1c2ccccc2CCc2ccccc21)CC(=O)c1ccc(Cl)cc1. The summed E-state index contributed by atoms with van der Waals surface area (Å²) in [6, 6.07) is 49.1. The summed E-state index contributed by atoms with van der Waals surface area (Å²) in [4.78, 5) is 34.1. The van der Waals surface area contributed by atoms with Gasteiger partial charge in [0.1, 0.15) is 0 Å². The number of ketones is 2. The molecule has 6 aromatic rings. The predicted octanol–water partition coefficient (Wildman–Crippen LogP) is 11.6. The Balaban J connectivity index is 0.000000181. The summed E-state index contributed by atoms with van der Waals surface area (Å²) in [6.45, 7) is 4.39. The van der Waals surface area contributed by atoms with Crippen LogP contribution in [-0.4, -0.2) is 74.7 Å². The van der Waals surface area contributed by atoms with E-state index in [1.165, 1.54) is 45.0 Å². The number of aryl methyl sites for hydroxylation is 4. The van der Waals surface area contributed by atoms with Gasteiger partial charge in [0.05, 0.1) is 13.1 Å². The lowest BCUT2D eigenvalue weighted by molar-refractivity contribution is 0.0938. The van der Waals surface area contributed by atoms with Gasteiger partial charge in [-0.15, -0.1) is 0 Å². The third kappa shape index (κ3) is 11.1. The molecule has 308 valence electrons. The van der Waals surface area contributed by atoms with Crippen molar-refractivity contribution in [3.8, 4) is 0 Å². The molecule has 0 atom stereocenters. The van der Waals surface area contributed by atoms with Gasteiger partial charge >= 0.3 is 0 Å². The van der Waals surface area contributed by atoms with Crippen LogP contribution in [0.4, 0.5) is 22.7 Å². The molecule has 0 aromatic heterocycles.